The summed E-state index contributed by atoms with van der Waals surface area (Å²) in [6.07, 6.45) is -1.67. The van der Waals surface area contributed by atoms with Crippen LogP contribution in [0.5, 0.6) is 0 Å². The molecule has 0 spiro atoms. The number of benzene rings is 1. The van der Waals surface area contributed by atoms with Crippen molar-refractivity contribution in [2.24, 2.45) is 11.7 Å². The van der Waals surface area contributed by atoms with Crippen LogP contribution in [0.25, 0.3) is 0 Å². The van der Waals surface area contributed by atoms with Crippen molar-refractivity contribution in [1.29, 1.82) is 0 Å². The number of nitrogens with one attached hydrogen (secondary N) is 1. The predicted molar refractivity (Wildman–Crippen MR) is 111 cm³/mol. The van der Waals surface area contributed by atoms with E-state index in [9.17, 15) is 27.6 Å². The van der Waals surface area contributed by atoms with Crippen LogP contribution in [0.4, 0.5) is 24.5 Å². The fourth-order valence-corrected chi connectivity index (χ4v) is 3.96. The number of anilines is 2. The van der Waals surface area contributed by atoms with E-state index in [0.717, 1.165) is 36.3 Å². The summed E-state index contributed by atoms with van der Waals surface area (Å²) >= 11 is 0. The molecule has 176 valence electrons. The Bertz CT molecular complexity index is 873. The Morgan fingerprint density at radius 2 is 2.06 bits per heavy atom. The number of primary amides is 1. The number of ether oxygens (including phenoxy) is 1. The van der Waals surface area contributed by atoms with E-state index in [2.05, 4.69) is 5.32 Å². The highest BCUT2D eigenvalue weighted by Crippen LogP contribution is 2.39. The second kappa shape index (κ2) is 9.86. The summed E-state index contributed by atoms with van der Waals surface area (Å²) < 4.78 is 46.2. The van der Waals surface area contributed by atoms with Gasteiger partial charge in [0.25, 0.3) is 11.8 Å². The molecule has 2 aliphatic rings. The number of likely N-dealkylation sites (N-methyl/N-ethyl adjacent to an activating group) is 1. The van der Waals surface area contributed by atoms with Gasteiger partial charge in [0.2, 0.25) is 5.91 Å². The quantitative estimate of drug-likeness (QED) is 0.582. The van der Waals surface area contributed by atoms with Gasteiger partial charge in [-0.25, -0.2) is 0 Å². The van der Waals surface area contributed by atoms with E-state index in [0.29, 0.717) is 19.0 Å². The molecule has 3 N–H and O–H groups in total. The summed E-state index contributed by atoms with van der Waals surface area (Å²) in [5, 5.41) is 2.39. The second-order valence-electron chi connectivity index (χ2n) is 8.01. The summed E-state index contributed by atoms with van der Waals surface area (Å²) in [5.41, 5.74) is 3.94. The van der Waals surface area contributed by atoms with E-state index in [1.54, 1.807) is 11.8 Å². The van der Waals surface area contributed by atoms with Crippen molar-refractivity contribution in [3.05, 3.63) is 23.8 Å². The number of halogens is 3. The zero-order valence-electron chi connectivity index (χ0n) is 17.8. The molecule has 1 aromatic carbocycles. The van der Waals surface area contributed by atoms with Gasteiger partial charge in [-0.2, -0.15) is 13.2 Å². The van der Waals surface area contributed by atoms with Gasteiger partial charge in [-0.15, -0.1) is 0 Å². The first kappa shape index (κ1) is 24.0. The zero-order valence-corrected chi connectivity index (χ0v) is 17.8. The number of morpholine rings is 1. The van der Waals surface area contributed by atoms with Crippen molar-refractivity contribution >= 4 is 29.1 Å². The first-order valence-corrected chi connectivity index (χ1v) is 10.6. The molecule has 11 heteroatoms. The molecule has 0 bridgehead atoms. The molecule has 1 saturated heterocycles. The summed E-state index contributed by atoms with van der Waals surface area (Å²) in [4.78, 5) is 39.5. The van der Waals surface area contributed by atoms with Crippen molar-refractivity contribution in [1.82, 2.24) is 4.90 Å². The first-order chi connectivity index (χ1) is 15.1. The maximum atomic E-state index is 13.7. The van der Waals surface area contributed by atoms with Crippen LogP contribution in [-0.4, -0.2) is 61.5 Å². The highest BCUT2D eigenvalue weighted by atomic mass is 19.4. The van der Waals surface area contributed by atoms with Crippen LogP contribution in [0.2, 0.25) is 0 Å². The van der Waals surface area contributed by atoms with Crippen molar-refractivity contribution in [2.45, 2.75) is 38.4 Å². The predicted octanol–water partition coefficient (Wildman–Crippen LogP) is 1.98. The third kappa shape index (κ3) is 5.39. The number of nitrogens with two attached hydrogens (primary N) is 1. The molecule has 1 heterocycles. The van der Waals surface area contributed by atoms with Crippen molar-refractivity contribution in [2.75, 3.05) is 43.1 Å². The van der Waals surface area contributed by atoms with Crippen LogP contribution < -0.4 is 16.0 Å². The number of alkyl halides is 3. The van der Waals surface area contributed by atoms with Crippen LogP contribution in [0, 0.1) is 5.92 Å². The van der Waals surface area contributed by atoms with E-state index < -0.39 is 35.5 Å². The van der Waals surface area contributed by atoms with E-state index in [-0.39, 0.29) is 31.1 Å². The molecule has 1 atom stereocenters. The van der Waals surface area contributed by atoms with Crippen LogP contribution in [0.15, 0.2) is 18.2 Å². The van der Waals surface area contributed by atoms with Gasteiger partial charge in [0.05, 0.1) is 17.9 Å². The Balaban J connectivity index is 1.84. The minimum absolute atomic E-state index is 0.00993. The molecule has 0 radical (unpaired) electrons. The molecule has 1 saturated carbocycles. The Morgan fingerprint density at radius 1 is 1.34 bits per heavy atom. The lowest BCUT2D eigenvalue weighted by molar-refractivity contribution is -0.138. The third-order valence-electron chi connectivity index (χ3n) is 5.85. The lowest BCUT2D eigenvalue weighted by atomic mass is 9.85. The number of hydrogen-bond acceptors (Lipinski definition) is 5. The van der Waals surface area contributed by atoms with Gasteiger partial charge in [0.15, 0.2) is 6.04 Å². The monoisotopic (exact) mass is 456 g/mol. The summed E-state index contributed by atoms with van der Waals surface area (Å²) in [6, 6.07) is 1.87. The second-order valence-corrected chi connectivity index (χ2v) is 8.01. The smallest absolute Gasteiger partial charge is 0.370 e. The molecule has 2 fully saturated rings. The van der Waals surface area contributed by atoms with Crippen molar-refractivity contribution in [3.63, 3.8) is 0 Å². The molecule has 0 aromatic heterocycles. The first-order valence-electron chi connectivity index (χ1n) is 10.6. The van der Waals surface area contributed by atoms with Crippen LogP contribution in [-0.2, 0) is 25.3 Å². The molecule has 32 heavy (non-hydrogen) atoms. The van der Waals surface area contributed by atoms with Gasteiger partial charge in [-0.05, 0) is 43.5 Å². The fourth-order valence-electron chi connectivity index (χ4n) is 3.96. The number of carbonyl (C=O) groups excluding carboxylic acids is 3. The van der Waals surface area contributed by atoms with Gasteiger partial charge in [-0.3, -0.25) is 19.3 Å². The summed E-state index contributed by atoms with van der Waals surface area (Å²) in [7, 11) is 0. The molecule has 1 aromatic rings. The van der Waals surface area contributed by atoms with E-state index in [4.69, 9.17) is 10.5 Å². The molecule has 3 rings (SSSR count). The minimum atomic E-state index is -4.77. The zero-order chi connectivity index (χ0) is 23.5. The number of hydrogen-bond donors (Lipinski definition) is 2. The molecule has 3 amide bonds. The Kier molecular flexibility index (Phi) is 7.40. The van der Waals surface area contributed by atoms with Gasteiger partial charge in [0.1, 0.15) is 6.61 Å². The summed E-state index contributed by atoms with van der Waals surface area (Å²) in [6.45, 7) is 2.51. The van der Waals surface area contributed by atoms with E-state index in [1.165, 1.54) is 6.07 Å². The average Bonchev–Trinajstić information content (AvgIpc) is 2.69. The Labute approximate surface area is 183 Å². The SMILES string of the molecule is CCN(CC1CCC1)[C@H](C(N)=O)C(=O)Nc1ccc(N2CCOCC2=O)c(C(F)(F)F)c1. The number of nitrogens with zero attached hydrogens (tertiary/aromatic N) is 2. The van der Waals surface area contributed by atoms with Gasteiger partial charge in [0, 0.05) is 18.8 Å². The minimum Gasteiger partial charge on any atom is -0.370 e. The van der Waals surface area contributed by atoms with Gasteiger partial charge >= 0.3 is 6.18 Å². The lowest BCUT2D eigenvalue weighted by Gasteiger charge is -2.34. The van der Waals surface area contributed by atoms with Crippen molar-refractivity contribution < 1.29 is 32.3 Å². The normalized spacial score (nSPS) is 18.4. The largest absolute Gasteiger partial charge is 0.418 e. The highest BCUT2D eigenvalue weighted by Gasteiger charge is 2.38. The molecule has 1 aliphatic carbocycles. The standard InChI is InChI=1S/C21H27F3N4O4/c1-2-27(11-13-4-3-5-13)18(19(25)30)20(31)26-14-6-7-16(15(10-14)21(22,23)24)28-8-9-32-12-17(28)29/h6-7,10,13,18H,2-5,8-9,11-12H2,1H3,(H2,25,30)(H,26,31)/t18-/m1/s1. The Hall–Kier alpha value is -2.66. The Morgan fingerprint density at radius 3 is 2.59 bits per heavy atom. The average molecular weight is 456 g/mol. The van der Waals surface area contributed by atoms with E-state index >= 15 is 0 Å². The lowest BCUT2D eigenvalue weighted by Crippen LogP contribution is -2.53. The molecule has 1 aliphatic heterocycles. The number of carbonyl (C=O) groups is 3. The maximum Gasteiger partial charge on any atom is 0.418 e. The van der Waals surface area contributed by atoms with E-state index in [1.807, 2.05) is 0 Å². The van der Waals surface area contributed by atoms with Gasteiger partial charge in [-0.1, -0.05) is 13.3 Å². The summed E-state index contributed by atoms with van der Waals surface area (Å²) in [5.74, 6) is -1.87. The topological polar surface area (TPSA) is 105 Å². The van der Waals surface area contributed by atoms with Gasteiger partial charge < -0.3 is 20.7 Å². The number of rotatable bonds is 8. The molecular formula is C21H27F3N4O4. The highest BCUT2D eigenvalue weighted by molar-refractivity contribution is 6.09. The maximum absolute atomic E-state index is 13.7. The fraction of sp³-hybridized carbons (Fsp3) is 0.571. The third-order valence-corrected chi connectivity index (χ3v) is 5.85. The van der Waals surface area contributed by atoms with Crippen molar-refractivity contribution in [3.8, 4) is 0 Å². The van der Waals surface area contributed by atoms with Crippen LogP contribution >= 0.6 is 0 Å². The molecule has 8 nitrogen and oxygen atoms in total. The molecule has 0 unspecified atom stereocenters. The van der Waals surface area contributed by atoms with Crippen LogP contribution in [0.3, 0.4) is 0 Å². The molecular weight excluding hydrogens is 429 g/mol. The number of amides is 3. The van der Waals surface area contributed by atoms with Crippen LogP contribution in [0.1, 0.15) is 31.7 Å².